The third kappa shape index (κ3) is 4.86. The van der Waals surface area contributed by atoms with Crippen LogP contribution in [0.4, 0.5) is 34.5 Å². The van der Waals surface area contributed by atoms with Crippen molar-refractivity contribution in [1.29, 1.82) is 0 Å². The first-order chi connectivity index (χ1) is 16.4. The van der Waals surface area contributed by atoms with Crippen LogP contribution in [-0.2, 0) is 6.42 Å². The average Bonchev–Trinajstić information content (AvgIpc) is 3.26. The van der Waals surface area contributed by atoms with Crippen LogP contribution < -0.4 is 19.9 Å². The van der Waals surface area contributed by atoms with Crippen LogP contribution in [0.3, 0.4) is 0 Å². The van der Waals surface area contributed by atoms with Gasteiger partial charge < -0.3 is 24.8 Å². The molecule has 4 rings (SSSR count). The molecule has 0 atom stereocenters. The van der Waals surface area contributed by atoms with Crippen molar-refractivity contribution in [2.75, 3.05) is 63.0 Å². The van der Waals surface area contributed by atoms with Crippen molar-refractivity contribution in [3.8, 4) is 5.75 Å². The fourth-order valence-corrected chi connectivity index (χ4v) is 4.00. The summed E-state index contributed by atoms with van der Waals surface area (Å²) >= 11 is 0. The van der Waals surface area contributed by atoms with Crippen LogP contribution in [0.25, 0.3) is 0 Å². The van der Waals surface area contributed by atoms with Gasteiger partial charge in [0, 0.05) is 50.7 Å². The van der Waals surface area contributed by atoms with Crippen LogP contribution in [0.1, 0.15) is 5.56 Å². The lowest BCUT2D eigenvalue weighted by atomic mass is 10.2. The highest BCUT2D eigenvalue weighted by Gasteiger charge is 2.24. The van der Waals surface area contributed by atoms with E-state index in [0.29, 0.717) is 29.6 Å². The van der Waals surface area contributed by atoms with Crippen molar-refractivity contribution < 1.29 is 9.66 Å². The second kappa shape index (κ2) is 9.92. The lowest BCUT2D eigenvalue weighted by Gasteiger charge is -2.23. The molecule has 0 radical (unpaired) electrons. The quantitative estimate of drug-likeness (QED) is 0.375. The Hall–Kier alpha value is -3.92. The second-order valence-corrected chi connectivity index (χ2v) is 8.42. The summed E-state index contributed by atoms with van der Waals surface area (Å²) in [7, 11) is 7.29. The van der Waals surface area contributed by atoms with Gasteiger partial charge in [-0.3, -0.25) is 10.1 Å². The fraction of sp³-hybridized carbons (Fsp3) is 0.333. The number of methoxy groups -OCH3 is 1. The maximum atomic E-state index is 11.9. The third-order valence-corrected chi connectivity index (χ3v) is 5.84. The van der Waals surface area contributed by atoms with Gasteiger partial charge in [-0.2, -0.15) is 4.98 Å². The lowest BCUT2D eigenvalue weighted by molar-refractivity contribution is -0.384. The Balaban J connectivity index is 1.63. The number of nitro benzene ring substituents is 1. The van der Waals surface area contributed by atoms with E-state index in [0.717, 1.165) is 31.0 Å². The number of nitro groups is 1. The van der Waals surface area contributed by atoms with Gasteiger partial charge in [-0.25, -0.2) is 4.98 Å². The third-order valence-electron chi connectivity index (χ3n) is 5.84. The molecule has 1 aliphatic rings. The molecule has 1 aliphatic heterocycles. The molecule has 1 aromatic heterocycles. The van der Waals surface area contributed by atoms with Crippen molar-refractivity contribution in [1.82, 2.24) is 14.9 Å². The van der Waals surface area contributed by atoms with Crippen molar-refractivity contribution in [3.63, 3.8) is 0 Å². The highest BCUT2D eigenvalue weighted by molar-refractivity contribution is 5.77. The topological polar surface area (TPSA) is 99.9 Å². The van der Waals surface area contributed by atoms with E-state index in [9.17, 15) is 10.1 Å². The lowest BCUT2D eigenvalue weighted by Crippen LogP contribution is -2.29. The molecule has 0 saturated carbocycles. The summed E-state index contributed by atoms with van der Waals surface area (Å²) in [5.41, 5.74) is 3.30. The SMILES string of the molecule is COc1cc(N(C)CCN(C)C)c([N+](=O)[O-])cc1Nc1nccc(N2CCc3ccccc32)n1. The predicted octanol–water partition coefficient (Wildman–Crippen LogP) is 3.83. The number of rotatable bonds is 9. The number of anilines is 5. The van der Waals surface area contributed by atoms with Gasteiger partial charge in [0.15, 0.2) is 0 Å². The number of benzene rings is 2. The molecule has 0 saturated heterocycles. The van der Waals surface area contributed by atoms with Crippen LogP contribution >= 0.6 is 0 Å². The summed E-state index contributed by atoms with van der Waals surface area (Å²) < 4.78 is 5.56. The number of nitrogens with zero attached hydrogens (tertiary/aromatic N) is 6. The van der Waals surface area contributed by atoms with Gasteiger partial charge in [-0.15, -0.1) is 0 Å². The maximum Gasteiger partial charge on any atom is 0.294 e. The minimum Gasteiger partial charge on any atom is -0.494 e. The molecule has 3 aromatic rings. The van der Waals surface area contributed by atoms with Crippen LogP contribution in [-0.4, -0.2) is 67.7 Å². The predicted molar refractivity (Wildman–Crippen MR) is 134 cm³/mol. The van der Waals surface area contributed by atoms with Gasteiger partial charge in [0.25, 0.3) is 5.69 Å². The minimum absolute atomic E-state index is 0.0193. The van der Waals surface area contributed by atoms with Gasteiger partial charge >= 0.3 is 0 Å². The standard InChI is InChI=1S/C24H29N7O3/c1-28(2)13-14-29(3)20-16-22(34-4)18(15-21(20)31(32)33)26-24-25-11-9-23(27-24)30-12-10-17-7-5-6-8-19(17)30/h5-9,11,15-16H,10,12-14H2,1-4H3,(H,25,26,27). The molecule has 1 N–H and O–H groups in total. The van der Waals surface area contributed by atoms with Gasteiger partial charge in [0.2, 0.25) is 5.95 Å². The molecule has 0 aliphatic carbocycles. The Morgan fingerprint density at radius 2 is 1.97 bits per heavy atom. The molecule has 178 valence electrons. The number of nitrogens with one attached hydrogen (secondary N) is 1. The summed E-state index contributed by atoms with van der Waals surface area (Å²) in [6.07, 6.45) is 2.63. The average molecular weight is 464 g/mol. The molecule has 10 nitrogen and oxygen atoms in total. The molecule has 10 heteroatoms. The van der Waals surface area contributed by atoms with Gasteiger partial charge in [-0.1, -0.05) is 18.2 Å². The first-order valence-corrected chi connectivity index (χ1v) is 11.0. The number of hydrogen-bond acceptors (Lipinski definition) is 9. The van der Waals surface area contributed by atoms with Crippen LogP contribution in [0, 0.1) is 10.1 Å². The Bertz CT molecular complexity index is 1180. The maximum absolute atomic E-state index is 11.9. The summed E-state index contributed by atoms with van der Waals surface area (Å²) in [6.45, 7) is 2.22. The van der Waals surface area contributed by atoms with Crippen molar-refractivity contribution in [3.05, 3.63) is 64.3 Å². The molecule has 0 fully saturated rings. The number of likely N-dealkylation sites (N-methyl/N-ethyl adjacent to an activating group) is 2. The Morgan fingerprint density at radius 1 is 1.18 bits per heavy atom. The highest BCUT2D eigenvalue weighted by atomic mass is 16.6. The van der Waals surface area contributed by atoms with Crippen LogP contribution in [0.5, 0.6) is 5.75 Å². The van der Waals surface area contributed by atoms with E-state index in [-0.39, 0.29) is 10.6 Å². The molecule has 0 bridgehead atoms. The molecule has 2 aromatic carbocycles. The Morgan fingerprint density at radius 3 is 2.71 bits per heavy atom. The largest absolute Gasteiger partial charge is 0.494 e. The number of aromatic nitrogens is 2. The number of ether oxygens (including phenoxy) is 1. The van der Waals surface area contributed by atoms with E-state index in [1.54, 1.807) is 12.3 Å². The van der Waals surface area contributed by atoms with Crippen LogP contribution in [0.2, 0.25) is 0 Å². The fourth-order valence-electron chi connectivity index (χ4n) is 4.00. The number of para-hydroxylation sites is 1. The van der Waals surface area contributed by atoms with Gasteiger partial charge in [0.05, 0.1) is 17.7 Å². The van der Waals surface area contributed by atoms with Crippen molar-refractivity contribution in [2.24, 2.45) is 0 Å². The zero-order valence-corrected chi connectivity index (χ0v) is 19.9. The van der Waals surface area contributed by atoms with E-state index in [4.69, 9.17) is 4.74 Å². The Labute approximate surface area is 198 Å². The molecule has 0 spiro atoms. The number of fused-ring (bicyclic) bond motifs is 1. The first-order valence-electron chi connectivity index (χ1n) is 11.0. The van der Waals surface area contributed by atoms with E-state index >= 15 is 0 Å². The summed E-state index contributed by atoms with van der Waals surface area (Å²) in [5, 5.41) is 15.0. The van der Waals surface area contributed by atoms with E-state index in [2.05, 4.69) is 32.3 Å². The molecule has 34 heavy (non-hydrogen) atoms. The van der Waals surface area contributed by atoms with Gasteiger partial charge in [0.1, 0.15) is 17.3 Å². The van der Waals surface area contributed by atoms with Crippen molar-refractivity contribution >= 4 is 34.5 Å². The van der Waals surface area contributed by atoms with Crippen LogP contribution in [0.15, 0.2) is 48.7 Å². The smallest absolute Gasteiger partial charge is 0.294 e. The summed E-state index contributed by atoms with van der Waals surface area (Å²) in [6, 6.07) is 13.3. The van der Waals surface area contributed by atoms with E-state index in [1.807, 2.05) is 49.1 Å². The molecule has 0 amide bonds. The zero-order valence-electron chi connectivity index (χ0n) is 19.9. The monoisotopic (exact) mass is 463 g/mol. The summed E-state index contributed by atoms with van der Waals surface area (Å²) in [4.78, 5) is 26.5. The summed E-state index contributed by atoms with van der Waals surface area (Å²) in [5.74, 6) is 1.57. The molecular formula is C24H29N7O3. The molecule has 0 unspecified atom stereocenters. The zero-order chi connectivity index (χ0) is 24.2. The number of hydrogen-bond donors (Lipinski definition) is 1. The van der Waals surface area contributed by atoms with E-state index < -0.39 is 0 Å². The highest BCUT2D eigenvalue weighted by Crippen LogP contribution is 2.39. The normalized spacial score (nSPS) is 12.6. The molecule has 2 heterocycles. The minimum atomic E-state index is -0.384. The first kappa shape index (κ1) is 23.2. The van der Waals surface area contributed by atoms with Crippen molar-refractivity contribution in [2.45, 2.75) is 6.42 Å². The van der Waals surface area contributed by atoms with Gasteiger partial charge in [-0.05, 0) is 38.2 Å². The Kier molecular flexibility index (Phi) is 6.78. The van der Waals surface area contributed by atoms with E-state index in [1.165, 1.54) is 18.7 Å². The second-order valence-electron chi connectivity index (χ2n) is 8.42. The molecular weight excluding hydrogens is 434 g/mol.